The van der Waals surface area contributed by atoms with Crippen LogP contribution in [0.5, 0.6) is 0 Å². The second-order valence-corrected chi connectivity index (χ2v) is 7.31. The molecule has 1 saturated heterocycles. The van der Waals surface area contributed by atoms with E-state index >= 15 is 0 Å². The van der Waals surface area contributed by atoms with Crippen molar-refractivity contribution in [3.05, 3.63) is 53.2 Å². The minimum atomic E-state index is -5.08. The van der Waals surface area contributed by atoms with Crippen LogP contribution in [0.15, 0.2) is 42.6 Å². The van der Waals surface area contributed by atoms with Crippen molar-refractivity contribution in [2.45, 2.75) is 25.7 Å². The predicted octanol–water partition coefficient (Wildman–Crippen LogP) is 4.75. The number of hydrogen-bond acceptors (Lipinski definition) is 6. The minimum absolute atomic E-state index is 0.250. The Balaban J connectivity index is 0.000000431. The molecule has 1 amide bonds. The number of nitrogens with zero attached hydrogens (tertiary/aromatic N) is 4. The monoisotopic (exact) mass is 571 g/mol. The number of fused-ring (bicyclic) bond motifs is 1. The SMILES string of the molecule is FC(F)F.O=C(Nc1cn2nc(N3CCCC3)ccc2n1)c1ccccc1Cl.O=C(O)C(F)(F)F.O=CO. The van der Waals surface area contributed by atoms with E-state index in [-0.39, 0.29) is 12.4 Å². The van der Waals surface area contributed by atoms with E-state index in [0.717, 1.165) is 18.9 Å². The molecular weight excluding hydrogens is 552 g/mol. The highest BCUT2D eigenvalue weighted by Crippen LogP contribution is 2.20. The molecule has 17 heteroatoms. The Hall–Kier alpha value is -4.08. The van der Waals surface area contributed by atoms with Crippen molar-refractivity contribution in [3.8, 4) is 0 Å². The Morgan fingerprint density at radius 3 is 2.11 bits per heavy atom. The molecule has 1 aliphatic rings. The maximum atomic E-state index is 12.3. The Bertz CT molecular complexity index is 1200. The van der Waals surface area contributed by atoms with E-state index in [1.165, 1.54) is 12.8 Å². The van der Waals surface area contributed by atoms with Gasteiger partial charge in [0.25, 0.3) is 12.4 Å². The number of carbonyl (C=O) groups is 3. The van der Waals surface area contributed by atoms with E-state index in [2.05, 4.69) is 20.3 Å². The van der Waals surface area contributed by atoms with Gasteiger partial charge >= 0.3 is 18.8 Å². The second-order valence-electron chi connectivity index (χ2n) is 6.90. The lowest BCUT2D eigenvalue weighted by atomic mass is 10.2. The number of hydrogen-bond donors (Lipinski definition) is 3. The fourth-order valence-corrected chi connectivity index (χ4v) is 3.10. The molecule has 0 bridgehead atoms. The van der Waals surface area contributed by atoms with E-state index in [1.807, 2.05) is 12.1 Å². The second kappa shape index (κ2) is 15.2. The number of carboxylic acid groups (broad SMARTS) is 2. The third-order valence-corrected chi connectivity index (χ3v) is 4.67. The molecule has 3 N–H and O–H groups in total. The molecule has 38 heavy (non-hydrogen) atoms. The number of benzene rings is 1. The third-order valence-electron chi connectivity index (χ3n) is 4.34. The Kier molecular flexibility index (Phi) is 12.8. The van der Waals surface area contributed by atoms with E-state index in [4.69, 9.17) is 31.4 Å². The van der Waals surface area contributed by atoms with Gasteiger partial charge in [0.15, 0.2) is 11.5 Å². The summed E-state index contributed by atoms with van der Waals surface area (Å²) in [4.78, 5) is 36.2. The van der Waals surface area contributed by atoms with Crippen LogP contribution in [0.4, 0.5) is 38.0 Å². The molecule has 0 unspecified atom stereocenters. The highest BCUT2D eigenvalue weighted by Gasteiger charge is 2.38. The van der Waals surface area contributed by atoms with Crippen LogP contribution < -0.4 is 10.2 Å². The minimum Gasteiger partial charge on any atom is -0.483 e. The summed E-state index contributed by atoms with van der Waals surface area (Å²) in [5, 5.41) is 21.8. The molecule has 3 aromatic rings. The Labute approximate surface area is 215 Å². The average molecular weight is 572 g/mol. The van der Waals surface area contributed by atoms with Crippen molar-refractivity contribution in [1.29, 1.82) is 0 Å². The summed E-state index contributed by atoms with van der Waals surface area (Å²) in [7, 11) is 0. The number of aliphatic carboxylic acids is 1. The van der Waals surface area contributed by atoms with Crippen molar-refractivity contribution >= 4 is 47.2 Å². The maximum Gasteiger partial charge on any atom is 0.490 e. The van der Waals surface area contributed by atoms with Crippen molar-refractivity contribution in [3.63, 3.8) is 0 Å². The molecule has 10 nitrogen and oxygen atoms in total. The van der Waals surface area contributed by atoms with Gasteiger partial charge in [0, 0.05) is 13.1 Å². The molecule has 2 aromatic heterocycles. The maximum absolute atomic E-state index is 12.3. The smallest absolute Gasteiger partial charge is 0.483 e. The fourth-order valence-electron chi connectivity index (χ4n) is 2.88. The standard InChI is InChI=1S/C17H16ClN5O.C2HF3O2.CHF3.CH2O2/c18-13-6-2-1-5-12(13)17(24)20-14-11-23-15(19-14)7-8-16(21-23)22-9-3-4-10-22;3-2(4,5)1(6)7;2-1(3)4;2-1-3/h1-2,5-8,11H,3-4,9-10H2,(H,20,24);(H,6,7);1H;1H,(H,2,3). The van der Waals surface area contributed by atoms with Crippen LogP contribution in [-0.4, -0.2) is 69.1 Å². The number of nitrogens with one attached hydrogen (secondary N) is 1. The third kappa shape index (κ3) is 10.9. The highest BCUT2D eigenvalue weighted by molar-refractivity contribution is 6.34. The lowest BCUT2D eigenvalue weighted by Crippen LogP contribution is -2.21. The number of halogens is 7. The van der Waals surface area contributed by atoms with Crippen molar-refractivity contribution in [2.75, 3.05) is 23.3 Å². The number of amides is 1. The van der Waals surface area contributed by atoms with Crippen LogP contribution in [0.3, 0.4) is 0 Å². The number of imidazole rings is 1. The summed E-state index contributed by atoms with van der Waals surface area (Å²) in [6, 6.07) is 10.8. The quantitative estimate of drug-likeness (QED) is 0.303. The van der Waals surface area contributed by atoms with Gasteiger partial charge in [-0.2, -0.15) is 26.3 Å². The Morgan fingerprint density at radius 2 is 1.61 bits per heavy atom. The predicted molar refractivity (Wildman–Crippen MR) is 123 cm³/mol. The lowest BCUT2D eigenvalue weighted by molar-refractivity contribution is -0.192. The van der Waals surface area contributed by atoms with E-state index in [1.54, 1.807) is 35.0 Å². The zero-order valence-corrected chi connectivity index (χ0v) is 19.8. The zero-order chi connectivity index (χ0) is 28.9. The van der Waals surface area contributed by atoms with Gasteiger partial charge in [0.2, 0.25) is 0 Å². The number of aromatic nitrogens is 3. The molecule has 3 heterocycles. The molecule has 1 aliphatic heterocycles. The first-order valence-corrected chi connectivity index (χ1v) is 10.6. The van der Waals surface area contributed by atoms with Crippen LogP contribution in [-0.2, 0) is 9.59 Å². The molecule has 0 atom stereocenters. The van der Waals surface area contributed by atoms with E-state index in [0.29, 0.717) is 22.1 Å². The molecule has 208 valence electrons. The summed E-state index contributed by atoms with van der Waals surface area (Å²) in [5.74, 6) is -1.66. The van der Waals surface area contributed by atoms with Crippen molar-refractivity contribution in [1.82, 2.24) is 14.6 Å². The van der Waals surface area contributed by atoms with E-state index < -0.39 is 18.8 Å². The molecule has 0 saturated carbocycles. The molecule has 1 aromatic carbocycles. The Morgan fingerprint density at radius 1 is 1.08 bits per heavy atom. The van der Waals surface area contributed by atoms with Crippen LogP contribution in [0.1, 0.15) is 23.2 Å². The van der Waals surface area contributed by atoms with Gasteiger partial charge in [-0.05, 0) is 37.1 Å². The largest absolute Gasteiger partial charge is 0.490 e. The van der Waals surface area contributed by atoms with E-state index in [9.17, 15) is 31.1 Å². The van der Waals surface area contributed by atoms with Crippen molar-refractivity contribution < 1.29 is 50.9 Å². The van der Waals surface area contributed by atoms with Gasteiger partial charge in [0.05, 0.1) is 16.8 Å². The van der Waals surface area contributed by atoms with Crippen LogP contribution in [0, 0.1) is 0 Å². The molecular formula is C21H20ClF6N5O5. The van der Waals surface area contributed by atoms with Gasteiger partial charge in [-0.3, -0.25) is 9.59 Å². The number of carboxylic acids is 1. The lowest BCUT2D eigenvalue weighted by Gasteiger charge is -2.15. The average Bonchev–Trinajstić information content (AvgIpc) is 3.48. The zero-order valence-electron chi connectivity index (χ0n) is 19.1. The van der Waals surface area contributed by atoms with Crippen LogP contribution >= 0.6 is 11.6 Å². The highest BCUT2D eigenvalue weighted by atomic mass is 35.5. The molecule has 0 spiro atoms. The molecule has 0 radical (unpaired) electrons. The summed E-state index contributed by atoms with van der Waals surface area (Å²) in [5.41, 5.74) is 1.11. The summed E-state index contributed by atoms with van der Waals surface area (Å²) in [6.45, 7) is -1.85. The first-order chi connectivity index (χ1) is 17.8. The van der Waals surface area contributed by atoms with Gasteiger partial charge in [-0.25, -0.2) is 14.3 Å². The first-order valence-electron chi connectivity index (χ1n) is 10.3. The normalized spacial score (nSPS) is 12.4. The number of anilines is 2. The number of carbonyl (C=O) groups excluding carboxylic acids is 1. The number of rotatable bonds is 3. The van der Waals surface area contributed by atoms with Crippen molar-refractivity contribution in [2.24, 2.45) is 0 Å². The summed E-state index contributed by atoms with van der Waals surface area (Å²) >= 11 is 6.05. The first kappa shape index (κ1) is 31.9. The topological polar surface area (TPSA) is 137 Å². The molecule has 1 fully saturated rings. The van der Waals surface area contributed by atoms with Gasteiger partial charge in [-0.15, -0.1) is 5.10 Å². The summed E-state index contributed by atoms with van der Waals surface area (Å²) in [6.07, 6.45) is -0.977. The van der Waals surface area contributed by atoms with Gasteiger partial charge in [-0.1, -0.05) is 23.7 Å². The fraction of sp³-hybridized carbons (Fsp3) is 0.286. The molecule has 0 aliphatic carbocycles. The summed E-state index contributed by atoms with van der Waals surface area (Å²) < 4.78 is 62.4. The van der Waals surface area contributed by atoms with Gasteiger partial charge < -0.3 is 20.4 Å². The molecule has 4 rings (SSSR count). The van der Waals surface area contributed by atoms with Gasteiger partial charge in [0.1, 0.15) is 5.82 Å². The van der Waals surface area contributed by atoms with Crippen LogP contribution in [0.25, 0.3) is 5.65 Å². The number of alkyl halides is 6. The van der Waals surface area contributed by atoms with Crippen LogP contribution in [0.2, 0.25) is 5.02 Å².